The van der Waals surface area contributed by atoms with E-state index in [-0.39, 0.29) is 49.6 Å². The van der Waals surface area contributed by atoms with Gasteiger partial charge in [0.05, 0.1) is 11.9 Å². The van der Waals surface area contributed by atoms with Crippen LogP contribution in [0.2, 0.25) is 0 Å². The first-order chi connectivity index (χ1) is 18.4. The highest BCUT2D eigenvalue weighted by Crippen LogP contribution is 2.32. The number of hydrogen-bond donors (Lipinski definition) is 0. The summed E-state index contributed by atoms with van der Waals surface area (Å²) < 4.78 is 24.2. The Kier molecular flexibility index (Phi) is 7.78. The maximum absolute atomic E-state index is 13.4. The zero-order valence-corrected chi connectivity index (χ0v) is 21.3. The average Bonchev–Trinajstić information content (AvgIpc) is 3.40. The van der Waals surface area contributed by atoms with Crippen molar-refractivity contribution in [3.63, 3.8) is 0 Å². The summed E-state index contributed by atoms with van der Waals surface area (Å²) in [5.74, 6) is 0.880. The number of aromatic nitrogens is 2. The summed E-state index contributed by atoms with van der Waals surface area (Å²) in [4.78, 5) is 40.4. The molecule has 0 aliphatic carbocycles. The maximum Gasteiger partial charge on any atom is 0.274 e. The minimum atomic E-state index is -0.344. The molecule has 0 N–H and O–H groups in total. The number of carbonyl (C=O) groups is 2. The first-order valence-corrected chi connectivity index (χ1v) is 12.7. The molecule has 9 nitrogen and oxygen atoms in total. The van der Waals surface area contributed by atoms with Crippen LogP contribution in [0.15, 0.2) is 54.9 Å². The molecule has 0 saturated carbocycles. The van der Waals surface area contributed by atoms with Crippen molar-refractivity contribution in [3.8, 4) is 11.5 Å². The molecule has 0 radical (unpaired) electrons. The minimum Gasteiger partial charge on any atom is -0.454 e. The Balaban J connectivity index is 1.16. The van der Waals surface area contributed by atoms with Gasteiger partial charge in [-0.15, -0.1) is 0 Å². The van der Waals surface area contributed by atoms with E-state index < -0.39 is 0 Å². The van der Waals surface area contributed by atoms with Gasteiger partial charge >= 0.3 is 0 Å². The number of ether oxygens (including phenoxy) is 2. The highest BCUT2D eigenvalue weighted by Gasteiger charge is 2.24. The van der Waals surface area contributed by atoms with E-state index >= 15 is 0 Å². The molecular weight excluding hydrogens is 489 g/mol. The summed E-state index contributed by atoms with van der Waals surface area (Å²) in [6.45, 7) is 6.06. The average molecular weight is 520 g/mol. The summed E-state index contributed by atoms with van der Waals surface area (Å²) in [5.41, 5.74) is 2.83. The highest BCUT2D eigenvalue weighted by atomic mass is 19.1. The smallest absolute Gasteiger partial charge is 0.274 e. The molecule has 10 heteroatoms. The van der Waals surface area contributed by atoms with Crippen LogP contribution >= 0.6 is 0 Å². The Labute approximate surface area is 220 Å². The van der Waals surface area contributed by atoms with Gasteiger partial charge in [0.1, 0.15) is 11.5 Å². The fourth-order valence-corrected chi connectivity index (χ4v) is 4.57. The summed E-state index contributed by atoms with van der Waals surface area (Å²) in [7, 11) is 0. The van der Waals surface area contributed by atoms with Gasteiger partial charge in [0, 0.05) is 58.4 Å². The number of rotatable bonds is 8. The normalized spacial score (nSPS) is 14.9. The molecule has 3 aromatic rings. The zero-order valence-electron chi connectivity index (χ0n) is 21.3. The Morgan fingerprint density at radius 1 is 0.947 bits per heavy atom. The third-order valence-electron chi connectivity index (χ3n) is 6.74. The maximum atomic E-state index is 13.4. The molecular formula is C28H30FN5O4. The molecule has 0 spiro atoms. The molecule has 2 aliphatic heterocycles. The van der Waals surface area contributed by atoms with Crippen molar-refractivity contribution in [3.05, 3.63) is 83.2 Å². The molecule has 1 aromatic heterocycles. The van der Waals surface area contributed by atoms with Crippen LogP contribution in [-0.2, 0) is 17.9 Å². The van der Waals surface area contributed by atoms with E-state index in [1.165, 1.54) is 24.5 Å². The van der Waals surface area contributed by atoms with E-state index in [9.17, 15) is 14.0 Å². The summed E-state index contributed by atoms with van der Waals surface area (Å²) in [5, 5.41) is 0. The molecule has 3 heterocycles. The Morgan fingerprint density at radius 3 is 2.42 bits per heavy atom. The molecule has 2 aromatic carbocycles. The SMILES string of the molecule is Cc1cnc(C(=O)N(CCC(=O)N2CCN(Cc3ccc4c(c3)OCO4)CC2)Cc2ccc(F)cc2)cn1. The summed E-state index contributed by atoms with van der Waals surface area (Å²) in [6.07, 6.45) is 3.17. The summed E-state index contributed by atoms with van der Waals surface area (Å²) >= 11 is 0. The molecule has 0 bridgehead atoms. The van der Waals surface area contributed by atoms with Crippen molar-refractivity contribution in [2.24, 2.45) is 0 Å². The van der Waals surface area contributed by atoms with Crippen molar-refractivity contribution in [1.82, 2.24) is 24.7 Å². The van der Waals surface area contributed by atoms with Gasteiger partial charge in [-0.3, -0.25) is 19.5 Å². The van der Waals surface area contributed by atoms with Crippen molar-refractivity contribution in [2.75, 3.05) is 39.5 Å². The molecule has 2 amide bonds. The molecule has 1 fully saturated rings. The quantitative estimate of drug-likeness (QED) is 0.452. The van der Waals surface area contributed by atoms with Crippen molar-refractivity contribution >= 4 is 11.8 Å². The fourth-order valence-electron chi connectivity index (χ4n) is 4.57. The zero-order chi connectivity index (χ0) is 26.5. The first kappa shape index (κ1) is 25.6. The monoisotopic (exact) mass is 519 g/mol. The lowest BCUT2D eigenvalue weighted by Gasteiger charge is -2.35. The third kappa shape index (κ3) is 6.25. The third-order valence-corrected chi connectivity index (χ3v) is 6.74. The molecule has 0 unspecified atom stereocenters. The summed E-state index contributed by atoms with van der Waals surface area (Å²) in [6, 6.07) is 12.0. The second-order valence-electron chi connectivity index (χ2n) is 9.49. The number of fused-ring (bicyclic) bond motifs is 1. The van der Waals surface area contributed by atoms with Gasteiger partial charge in [-0.25, -0.2) is 9.37 Å². The number of carbonyl (C=O) groups excluding carboxylic acids is 2. The van der Waals surface area contributed by atoms with Crippen molar-refractivity contribution < 1.29 is 23.5 Å². The Morgan fingerprint density at radius 2 is 1.68 bits per heavy atom. The number of halogens is 1. The predicted octanol–water partition coefficient (Wildman–Crippen LogP) is 3.03. The second-order valence-corrected chi connectivity index (χ2v) is 9.49. The standard InChI is InChI=1S/C28H30FN5O4/c1-20-15-31-24(16-30-20)28(36)34(18-21-2-5-23(29)6-3-21)9-8-27(35)33-12-10-32(11-13-33)17-22-4-7-25-26(14-22)38-19-37-25/h2-7,14-16H,8-13,17-19H2,1H3. The van der Waals surface area contributed by atoms with Gasteiger partial charge in [-0.1, -0.05) is 18.2 Å². The van der Waals surface area contributed by atoms with E-state index in [0.717, 1.165) is 42.3 Å². The number of aryl methyl sites for hydroxylation is 1. The number of nitrogens with zero attached hydrogens (tertiary/aromatic N) is 5. The van der Waals surface area contributed by atoms with Crippen molar-refractivity contribution in [2.45, 2.75) is 26.4 Å². The van der Waals surface area contributed by atoms with Crippen LogP contribution in [0.4, 0.5) is 4.39 Å². The first-order valence-electron chi connectivity index (χ1n) is 12.7. The van der Waals surface area contributed by atoms with Crippen molar-refractivity contribution in [1.29, 1.82) is 0 Å². The fraction of sp³-hybridized carbons (Fsp3) is 0.357. The van der Waals surface area contributed by atoms with Gasteiger partial charge in [0.25, 0.3) is 5.91 Å². The molecule has 198 valence electrons. The minimum absolute atomic E-state index is 0.000346. The van der Waals surface area contributed by atoms with E-state index in [4.69, 9.17) is 9.47 Å². The number of benzene rings is 2. The molecule has 5 rings (SSSR count). The highest BCUT2D eigenvalue weighted by molar-refractivity contribution is 5.92. The number of piperazine rings is 1. The molecule has 1 saturated heterocycles. The van der Waals surface area contributed by atoms with Crippen LogP contribution in [0, 0.1) is 12.7 Å². The van der Waals surface area contributed by atoms with Crippen LogP contribution in [0.1, 0.15) is 33.7 Å². The van der Waals surface area contributed by atoms with Crippen LogP contribution in [-0.4, -0.2) is 76.0 Å². The van der Waals surface area contributed by atoms with Gasteiger partial charge in [-0.2, -0.15) is 0 Å². The van der Waals surface area contributed by atoms with Crippen LogP contribution in [0.25, 0.3) is 0 Å². The second kappa shape index (κ2) is 11.6. The van der Waals surface area contributed by atoms with Gasteiger partial charge in [-0.05, 0) is 42.3 Å². The lowest BCUT2D eigenvalue weighted by atomic mass is 10.1. The van der Waals surface area contributed by atoms with E-state index in [0.29, 0.717) is 18.8 Å². The van der Waals surface area contributed by atoms with E-state index in [2.05, 4.69) is 14.9 Å². The molecule has 2 aliphatic rings. The van der Waals surface area contributed by atoms with Gasteiger partial charge in [0.15, 0.2) is 11.5 Å². The lowest BCUT2D eigenvalue weighted by molar-refractivity contribution is -0.133. The predicted molar refractivity (Wildman–Crippen MR) is 137 cm³/mol. The van der Waals surface area contributed by atoms with E-state index in [1.54, 1.807) is 24.0 Å². The Bertz CT molecular complexity index is 1280. The molecule has 38 heavy (non-hydrogen) atoms. The largest absolute Gasteiger partial charge is 0.454 e. The van der Waals surface area contributed by atoms with Gasteiger partial charge in [0.2, 0.25) is 12.7 Å². The Hall–Kier alpha value is -4.05. The number of hydrogen-bond acceptors (Lipinski definition) is 7. The lowest BCUT2D eigenvalue weighted by Crippen LogP contribution is -2.49. The van der Waals surface area contributed by atoms with Crippen LogP contribution < -0.4 is 9.47 Å². The molecule has 0 atom stereocenters. The van der Waals surface area contributed by atoms with Gasteiger partial charge < -0.3 is 19.3 Å². The topological polar surface area (TPSA) is 88.1 Å². The van der Waals surface area contributed by atoms with Crippen LogP contribution in [0.3, 0.4) is 0 Å². The van der Waals surface area contributed by atoms with E-state index in [1.807, 2.05) is 23.1 Å². The number of amides is 2. The van der Waals surface area contributed by atoms with Crippen LogP contribution in [0.5, 0.6) is 11.5 Å².